The summed E-state index contributed by atoms with van der Waals surface area (Å²) in [4.78, 5) is 10.4. The Kier molecular flexibility index (Phi) is 3.53. The molecule has 0 spiro atoms. The fourth-order valence-corrected chi connectivity index (χ4v) is 2.03. The lowest BCUT2D eigenvalue weighted by Crippen LogP contribution is -2.19. The molecule has 0 heterocycles. The lowest BCUT2D eigenvalue weighted by atomic mass is 9.89. The fourth-order valence-electron chi connectivity index (χ4n) is 2.03. The molecule has 3 nitrogen and oxygen atoms in total. The minimum atomic E-state index is -0.791. The Morgan fingerprint density at radius 1 is 1.42 bits per heavy atom. The highest BCUT2D eigenvalue weighted by atomic mass is 16.4. The third-order valence-corrected chi connectivity index (χ3v) is 2.74. The van der Waals surface area contributed by atoms with Gasteiger partial charge in [-0.05, 0) is 11.8 Å². The maximum atomic E-state index is 10.4. The number of hydrogen-bond acceptors (Lipinski definition) is 2. The van der Waals surface area contributed by atoms with Crippen LogP contribution >= 0.6 is 0 Å². The number of hydrogen-bond donors (Lipinski definition) is 2. The summed E-state index contributed by atoms with van der Waals surface area (Å²) in [6, 6.07) is 0. The van der Waals surface area contributed by atoms with E-state index < -0.39 is 5.97 Å². The highest BCUT2D eigenvalue weighted by Crippen LogP contribution is 2.32. The monoisotopic (exact) mass is 172 g/mol. The van der Waals surface area contributed by atoms with Gasteiger partial charge in [-0.25, -0.2) is 0 Å². The predicted octanol–water partition coefficient (Wildman–Crippen LogP) is 1.26. The third kappa shape index (κ3) is 2.48. The van der Waals surface area contributed by atoms with Crippen LogP contribution < -0.4 is 0 Å². The van der Waals surface area contributed by atoms with Crippen molar-refractivity contribution in [3.05, 3.63) is 0 Å². The maximum absolute atomic E-state index is 10.4. The van der Waals surface area contributed by atoms with E-state index in [0.29, 0.717) is 5.92 Å². The van der Waals surface area contributed by atoms with Crippen LogP contribution in [0.5, 0.6) is 0 Å². The summed E-state index contributed by atoms with van der Waals surface area (Å²) < 4.78 is 0. The van der Waals surface area contributed by atoms with Crippen molar-refractivity contribution < 1.29 is 15.0 Å². The van der Waals surface area contributed by atoms with Crippen molar-refractivity contribution in [3.63, 3.8) is 0 Å². The normalized spacial score (nSPS) is 21.1. The van der Waals surface area contributed by atoms with Crippen LogP contribution in [0.25, 0.3) is 0 Å². The quantitative estimate of drug-likeness (QED) is 0.671. The summed E-state index contributed by atoms with van der Waals surface area (Å²) in [5, 5.41) is 17.5. The van der Waals surface area contributed by atoms with Crippen molar-refractivity contribution >= 4 is 5.97 Å². The summed E-state index contributed by atoms with van der Waals surface area (Å²) in [6.07, 6.45) is 4.71. The van der Waals surface area contributed by atoms with Gasteiger partial charge < -0.3 is 10.2 Å². The molecule has 70 valence electrons. The molecule has 1 saturated carbocycles. The molecule has 0 radical (unpaired) electrons. The second-order valence-electron chi connectivity index (χ2n) is 3.59. The first kappa shape index (κ1) is 9.52. The molecule has 0 bridgehead atoms. The molecule has 0 aliphatic heterocycles. The van der Waals surface area contributed by atoms with Crippen LogP contribution in [0.15, 0.2) is 0 Å². The molecule has 0 aromatic carbocycles. The Hall–Kier alpha value is -0.570. The van der Waals surface area contributed by atoms with Crippen molar-refractivity contribution in [2.75, 3.05) is 6.61 Å². The van der Waals surface area contributed by atoms with Gasteiger partial charge in [0.15, 0.2) is 0 Å². The molecule has 3 heteroatoms. The largest absolute Gasteiger partial charge is 0.481 e. The van der Waals surface area contributed by atoms with Crippen LogP contribution in [0.3, 0.4) is 0 Å². The zero-order chi connectivity index (χ0) is 8.97. The van der Waals surface area contributed by atoms with E-state index in [1.807, 2.05) is 0 Å². The molecule has 2 N–H and O–H groups in total. The van der Waals surface area contributed by atoms with Crippen LogP contribution in [-0.4, -0.2) is 22.8 Å². The predicted molar refractivity (Wildman–Crippen MR) is 44.8 cm³/mol. The first-order valence-electron chi connectivity index (χ1n) is 4.56. The van der Waals surface area contributed by atoms with Crippen LogP contribution in [-0.2, 0) is 4.79 Å². The molecule has 1 unspecified atom stereocenters. The summed E-state index contributed by atoms with van der Waals surface area (Å²) in [6.45, 7) is 0.0248. The standard InChI is InChI=1S/C9H16O3/c10-6-8(5-9(11)12)7-3-1-2-4-7/h7-8,10H,1-6H2,(H,11,12). The lowest BCUT2D eigenvalue weighted by molar-refractivity contribution is -0.139. The van der Waals surface area contributed by atoms with Gasteiger partial charge in [0.2, 0.25) is 0 Å². The average Bonchev–Trinajstić information content (AvgIpc) is 2.51. The molecule has 0 aromatic heterocycles. The first-order chi connectivity index (χ1) is 5.74. The van der Waals surface area contributed by atoms with E-state index in [9.17, 15) is 4.79 Å². The molecule has 0 saturated heterocycles. The maximum Gasteiger partial charge on any atom is 0.303 e. The van der Waals surface area contributed by atoms with Gasteiger partial charge in [-0.1, -0.05) is 25.7 Å². The molecule has 1 fully saturated rings. The number of rotatable bonds is 4. The number of aliphatic hydroxyl groups is 1. The van der Waals surface area contributed by atoms with Gasteiger partial charge in [-0.15, -0.1) is 0 Å². The topological polar surface area (TPSA) is 57.5 Å². The van der Waals surface area contributed by atoms with Gasteiger partial charge >= 0.3 is 5.97 Å². The molecule has 1 aliphatic rings. The van der Waals surface area contributed by atoms with Crippen LogP contribution in [0, 0.1) is 11.8 Å². The molecule has 1 atom stereocenters. The number of carboxylic acids is 1. The Balaban J connectivity index is 2.37. The van der Waals surface area contributed by atoms with E-state index in [1.165, 1.54) is 12.8 Å². The summed E-state index contributed by atoms with van der Waals surface area (Å²) in [5.74, 6) is -0.350. The van der Waals surface area contributed by atoms with E-state index >= 15 is 0 Å². The van der Waals surface area contributed by atoms with Gasteiger partial charge in [0.1, 0.15) is 0 Å². The van der Waals surface area contributed by atoms with E-state index in [-0.39, 0.29) is 18.9 Å². The smallest absolute Gasteiger partial charge is 0.303 e. The Morgan fingerprint density at radius 2 is 2.00 bits per heavy atom. The summed E-state index contributed by atoms with van der Waals surface area (Å²) in [7, 11) is 0. The molecule has 0 amide bonds. The zero-order valence-corrected chi connectivity index (χ0v) is 7.20. The minimum Gasteiger partial charge on any atom is -0.481 e. The van der Waals surface area contributed by atoms with Crippen LogP contribution in [0.1, 0.15) is 32.1 Å². The Bertz CT molecular complexity index is 150. The van der Waals surface area contributed by atoms with E-state index in [4.69, 9.17) is 10.2 Å². The number of aliphatic carboxylic acids is 1. The van der Waals surface area contributed by atoms with Gasteiger partial charge in [0.05, 0.1) is 6.42 Å². The second-order valence-corrected chi connectivity index (χ2v) is 3.59. The van der Waals surface area contributed by atoms with Crippen LogP contribution in [0.4, 0.5) is 0 Å². The van der Waals surface area contributed by atoms with E-state index in [1.54, 1.807) is 0 Å². The fraction of sp³-hybridized carbons (Fsp3) is 0.889. The number of carbonyl (C=O) groups is 1. The molecule has 12 heavy (non-hydrogen) atoms. The molecule has 1 aliphatic carbocycles. The first-order valence-corrected chi connectivity index (χ1v) is 4.56. The van der Waals surface area contributed by atoms with Crippen LogP contribution in [0.2, 0.25) is 0 Å². The van der Waals surface area contributed by atoms with Gasteiger partial charge in [0.25, 0.3) is 0 Å². The minimum absolute atomic E-state index is 0.00926. The van der Waals surface area contributed by atoms with Gasteiger partial charge in [0, 0.05) is 6.61 Å². The highest BCUT2D eigenvalue weighted by Gasteiger charge is 2.25. The zero-order valence-electron chi connectivity index (χ0n) is 7.20. The Labute approximate surface area is 72.4 Å². The number of aliphatic hydroxyl groups excluding tert-OH is 1. The van der Waals surface area contributed by atoms with Crippen molar-refractivity contribution in [1.82, 2.24) is 0 Å². The van der Waals surface area contributed by atoms with Crippen molar-refractivity contribution in [2.45, 2.75) is 32.1 Å². The Morgan fingerprint density at radius 3 is 2.42 bits per heavy atom. The van der Waals surface area contributed by atoms with Gasteiger partial charge in [-0.2, -0.15) is 0 Å². The second kappa shape index (κ2) is 4.45. The van der Waals surface area contributed by atoms with E-state index in [0.717, 1.165) is 12.8 Å². The summed E-state index contributed by atoms with van der Waals surface area (Å²) >= 11 is 0. The van der Waals surface area contributed by atoms with Crippen molar-refractivity contribution in [2.24, 2.45) is 11.8 Å². The average molecular weight is 172 g/mol. The SMILES string of the molecule is O=C(O)CC(CO)C1CCCC1. The lowest BCUT2D eigenvalue weighted by Gasteiger charge is -2.18. The van der Waals surface area contributed by atoms with Crippen molar-refractivity contribution in [1.29, 1.82) is 0 Å². The van der Waals surface area contributed by atoms with Gasteiger partial charge in [-0.3, -0.25) is 4.79 Å². The third-order valence-electron chi connectivity index (χ3n) is 2.74. The highest BCUT2D eigenvalue weighted by molar-refractivity contribution is 5.67. The molecule has 1 rings (SSSR count). The van der Waals surface area contributed by atoms with Crippen molar-refractivity contribution in [3.8, 4) is 0 Å². The molecular formula is C9H16O3. The summed E-state index contributed by atoms with van der Waals surface area (Å²) in [5.41, 5.74) is 0. The number of carboxylic acid groups (broad SMARTS) is 1. The molecular weight excluding hydrogens is 156 g/mol. The van der Waals surface area contributed by atoms with E-state index in [2.05, 4.69) is 0 Å². The molecule has 0 aromatic rings.